The van der Waals surface area contributed by atoms with Gasteiger partial charge < -0.3 is 4.90 Å². The zero-order chi connectivity index (χ0) is 23.5. The van der Waals surface area contributed by atoms with Gasteiger partial charge >= 0.3 is 0 Å². The largest absolute Gasteiger partial charge is 0.340 e. The molecule has 0 N–H and O–H groups in total. The smallest absolute Gasteiger partial charge is 0.266 e. The Kier molecular flexibility index (Phi) is 6.81. The molecule has 8 heteroatoms. The van der Waals surface area contributed by atoms with Crippen LogP contribution < -0.4 is 5.56 Å². The van der Waals surface area contributed by atoms with Gasteiger partial charge in [0.1, 0.15) is 5.82 Å². The fourth-order valence-electron chi connectivity index (χ4n) is 3.54. The summed E-state index contributed by atoms with van der Waals surface area (Å²) < 4.78 is 15.0. The molecule has 1 amide bonds. The van der Waals surface area contributed by atoms with Crippen LogP contribution in [0.3, 0.4) is 0 Å². The number of fused-ring (bicyclic) bond motifs is 1. The minimum absolute atomic E-state index is 0.163. The molecule has 1 aromatic heterocycles. The maximum absolute atomic E-state index is 13.5. The van der Waals surface area contributed by atoms with Gasteiger partial charge in [-0.15, -0.1) is 0 Å². The molecule has 0 saturated heterocycles. The molecule has 0 aliphatic heterocycles. The molecule has 0 saturated carbocycles. The molecule has 4 rings (SSSR count). The van der Waals surface area contributed by atoms with E-state index in [1.165, 1.54) is 33.4 Å². The van der Waals surface area contributed by atoms with Crippen molar-refractivity contribution in [2.45, 2.75) is 23.9 Å². The number of para-hydroxylation sites is 1. The number of aromatic nitrogens is 2. The van der Waals surface area contributed by atoms with E-state index < -0.39 is 5.25 Å². The van der Waals surface area contributed by atoms with Crippen LogP contribution in [-0.4, -0.2) is 32.7 Å². The third-order valence-electron chi connectivity index (χ3n) is 5.13. The first-order chi connectivity index (χ1) is 15.8. The Morgan fingerprint density at radius 2 is 1.88 bits per heavy atom. The highest BCUT2D eigenvalue weighted by Gasteiger charge is 2.23. The van der Waals surface area contributed by atoms with Crippen molar-refractivity contribution in [2.75, 3.05) is 7.05 Å². The molecule has 5 nitrogen and oxygen atoms in total. The predicted molar refractivity (Wildman–Crippen MR) is 131 cm³/mol. The lowest BCUT2D eigenvalue weighted by molar-refractivity contribution is -0.129. The zero-order valence-electron chi connectivity index (χ0n) is 18.0. The molecule has 1 unspecified atom stereocenters. The number of nitrogens with zero attached hydrogens (tertiary/aromatic N) is 3. The minimum Gasteiger partial charge on any atom is -0.340 e. The van der Waals surface area contributed by atoms with Crippen LogP contribution in [0.5, 0.6) is 0 Å². The van der Waals surface area contributed by atoms with E-state index in [0.717, 1.165) is 0 Å². The number of halogens is 2. The average molecular weight is 482 g/mol. The average Bonchev–Trinajstić information content (AvgIpc) is 2.78. The molecule has 33 heavy (non-hydrogen) atoms. The molecule has 4 aromatic rings. The number of rotatable bonds is 6. The summed E-state index contributed by atoms with van der Waals surface area (Å²) in [6, 6.07) is 20.2. The number of hydrogen-bond acceptors (Lipinski definition) is 4. The Hall–Kier alpha value is -3.16. The molecule has 0 radical (unpaired) electrons. The topological polar surface area (TPSA) is 55.2 Å². The molecular weight excluding hydrogens is 461 g/mol. The van der Waals surface area contributed by atoms with Gasteiger partial charge in [0, 0.05) is 18.6 Å². The second-order valence-corrected chi connectivity index (χ2v) is 9.36. The van der Waals surface area contributed by atoms with Gasteiger partial charge in [0.05, 0.1) is 21.8 Å². The van der Waals surface area contributed by atoms with Gasteiger partial charge in [0.2, 0.25) is 5.91 Å². The van der Waals surface area contributed by atoms with Crippen molar-refractivity contribution in [3.8, 4) is 5.69 Å². The molecule has 0 fully saturated rings. The lowest BCUT2D eigenvalue weighted by Gasteiger charge is -2.22. The van der Waals surface area contributed by atoms with E-state index in [9.17, 15) is 14.0 Å². The van der Waals surface area contributed by atoms with Crippen molar-refractivity contribution in [1.82, 2.24) is 14.5 Å². The predicted octanol–water partition coefficient (Wildman–Crippen LogP) is 5.32. The van der Waals surface area contributed by atoms with Crippen LogP contribution >= 0.6 is 23.4 Å². The summed E-state index contributed by atoms with van der Waals surface area (Å²) in [5.74, 6) is -0.508. The maximum Gasteiger partial charge on any atom is 0.266 e. The number of carbonyl (C=O) groups is 1. The standard InChI is InChI=1S/C25H21ClFN3O2S/c1-16(23(31)29(2)15-17-7-5-9-19(27)13-17)33-25-28-22-12-4-3-11-21(22)24(32)30(25)20-10-6-8-18(26)14-20/h3-14,16H,15H2,1-2H3. The lowest BCUT2D eigenvalue weighted by atomic mass is 10.2. The second kappa shape index (κ2) is 9.77. The van der Waals surface area contributed by atoms with Crippen molar-refractivity contribution in [3.63, 3.8) is 0 Å². The summed E-state index contributed by atoms with van der Waals surface area (Å²) in [5, 5.41) is 0.814. The van der Waals surface area contributed by atoms with E-state index in [-0.39, 0.29) is 23.8 Å². The lowest BCUT2D eigenvalue weighted by Crippen LogP contribution is -2.33. The highest BCUT2D eigenvalue weighted by Crippen LogP contribution is 2.27. The summed E-state index contributed by atoms with van der Waals surface area (Å²) in [6.45, 7) is 2.03. The van der Waals surface area contributed by atoms with Crippen molar-refractivity contribution >= 4 is 40.2 Å². The molecule has 0 aliphatic rings. The van der Waals surface area contributed by atoms with Crippen molar-refractivity contribution < 1.29 is 9.18 Å². The van der Waals surface area contributed by atoms with Crippen LogP contribution in [0.4, 0.5) is 4.39 Å². The summed E-state index contributed by atoms with van der Waals surface area (Å²) in [6.07, 6.45) is 0. The summed E-state index contributed by atoms with van der Waals surface area (Å²) in [7, 11) is 1.67. The van der Waals surface area contributed by atoms with E-state index in [2.05, 4.69) is 4.98 Å². The van der Waals surface area contributed by atoms with E-state index in [1.807, 2.05) is 6.07 Å². The quantitative estimate of drug-likeness (QED) is 0.276. The van der Waals surface area contributed by atoms with Crippen LogP contribution in [0.25, 0.3) is 16.6 Å². The van der Waals surface area contributed by atoms with E-state index in [0.29, 0.717) is 32.3 Å². The highest BCUT2D eigenvalue weighted by molar-refractivity contribution is 8.00. The first-order valence-electron chi connectivity index (χ1n) is 10.3. The Morgan fingerprint density at radius 1 is 1.12 bits per heavy atom. The molecule has 0 spiro atoms. The Bertz CT molecular complexity index is 1390. The van der Waals surface area contributed by atoms with Gasteiger partial charge in [-0.1, -0.05) is 53.7 Å². The summed E-state index contributed by atoms with van der Waals surface area (Å²) >= 11 is 7.37. The molecular formula is C25H21ClFN3O2S. The third-order valence-corrected chi connectivity index (χ3v) is 6.40. The number of carbonyl (C=O) groups excluding carboxylic acids is 1. The third kappa shape index (κ3) is 5.10. The summed E-state index contributed by atoms with van der Waals surface area (Å²) in [4.78, 5) is 32.6. The zero-order valence-corrected chi connectivity index (χ0v) is 19.6. The first-order valence-corrected chi connectivity index (χ1v) is 11.5. The van der Waals surface area contributed by atoms with E-state index >= 15 is 0 Å². The van der Waals surface area contributed by atoms with Crippen molar-refractivity contribution in [1.29, 1.82) is 0 Å². The maximum atomic E-state index is 13.5. The monoisotopic (exact) mass is 481 g/mol. The van der Waals surface area contributed by atoms with Gasteiger partial charge in [-0.3, -0.25) is 14.2 Å². The van der Waals surface area contributed by atoms with E-state index in [1.54, 1.807) is 68.6 Å². The van der Waals surface area contributed by atoms with Crippen molar-refractivity contribution in [3.05, 3.63) is 99.6 Å². The van der Waals surface area contributed by atoms with Crippen LogP contribution in [0, 0.1) is 5.82 Å². The van der Waals surface area contributed by atoms with Gasteiger partial charge in [-0.05, 0) is 55.0 Å². The van der Waals surface area contributed by atoms with Crippen LogP contribution in [0.2, 0.25) is 5.02 Å². The fraction of sp³-hybridized carbons (Fsp3) is 0.160. The highest BCUT2D eigenvalue weighted by atomic mass is 35.5. The Balaban J connectivity index is 1.68. The molecule has 168 valence electrons. The molecule has 0 bridgehead atoms. The SMILES string of the molecule is CC(Sc1nc2ccccc2c(=O)n1-c1cccc(Cl)c1)C(=O)N(C)Cc1cccc(F)c1. The number of thioether (sulfide) groups is 1. The minimum atomic E-state index is -0.540. The number of amides is 1. The second-order valence-electron chi connectivity index (χ2n) is 7.62. The fourth-order valence-corrected chi connectivity index (χ4v) is 4.77. The molecule has 1 atom stereocenters. The normalized spacial score (nSPS) is 12.0. The van der Waals surface area contributed by atoms with Gasteiger partial charge in [-0.2, -0.15) is 0 Å². The van der Waals surface area contributed by atoms with Gasteiger partial charge in [0.25, 0.3) is 5.56 Å². The van der Waals surface area contributed by atoms with Gasteiger partial charge in [0.15, 0.2) is 5.16 Å². The number of hydrogen-bond donors (Lipinski definition) is 0. The molecule has 0 aliphatic carbocycles. The summed E-state index contributed by atoms with van der Waals surface area (Å²) in [5.41, 5.74) is 1.58. The molecule has 3 aromatic carbocycles. The number of benzene rings is 3. The Morgan fingerprint density at radius 3 is 2.64 bits per heavy atom. The van der Waals surface area contributed by atoms with Crippen LogP contribution in [-0.2, 0) is 11.3 Å². The van der Waals surface area contributed by atoms with Crippen molar-refractivity contribution in [2.24, 2.45) is 0 Å². The van der Waals surface area contributed by atoms with E-state index in [4.69, 9.17) is 11.6 Å². The molecule has 1 heterocycles. The first kappa shape index (κ1) is 23.0. The van der Waals surface area contributed by atoms with Crippen LogP contribution in [0.1, 0.15) is 12.5 Å². The van der Waals surface area contributed by atoms with Crippen LogP contribution in [0.15, 0.2) is 82.7 Å². The Labute approximate surface area is 199 Å². The van der Waals surface area contributed by atoms with Gasteiger partial charge in [-0.25, -0.2) is 9.37 Å².